The van der Waals surface area contributed by atoms with Gasteiger partial charge in [0.25, 0.3) is 5.91 Å². The van der Waals surface area contributed by atoms with E-state index in [1.807, 2.05) is 12.1 Å². The van der Waals surface area contributed by atoms with Crippen molar-refractivity contribution in [1.82, 2.24) is 10.2 Å². The molecule has 3 heterocycles. The number of hydrogen-bond acceptors (Lipinski definition) is 4. The number of carbonyl (C=O) groups excluding carboxylic acids is 3. The van der Waals surface area contributed by atoms with Crippen molar-refractivity contribution in [3.8, 4) is 5.75 Å². The molecule has 2 atom stereocenters. The molecule has 132 valence electrons. The summed E-state index contributed by atoms with van der Waals surface area (Å²) >= 11 is 0. The first kappa shape index (κ1) is 16.1. The van der Waals surface area contributed by atoms with Gasteiger partial charge >= 0.3 is 0 Å². The Hall–Kier alpha value is -2.37. The molecule has 0 aromatic heterocycles. The predicted octanol–water partition coefficient (Wildman–Crippen LogP) is 2.11. The molecule has 0 aliphatic carbocycles. The van der Waals surface area contributed by atoms with E-state index in [1.54, 1.807) is 4.90 Å². The summed E-state index contributed by atoms with van der Waals surface area (Å²) in [5.41, 5.74) is 2.31. The van der Waals surface area contributed by atoms with Crippen LogP contribution in [0.2, 0.25) is 0 Å². The monoisotopic (exact) mass is 342 g/mol. The minimum Gasteiger partial charge on any atom is -0.487 e. The van der Waals surface area contributed by atoms with Crippen molar-refractivity contribution in [3.63, 3.8) is 0 Å². The first-order chi connectivity index (χ1) is 11.8. The van der Waals surface area contributed by atoms with E-state index in [1.165, 1.54) is 0 Å². The van der Waals surface area contributed by atoms with E-state index in [4.69, 9.17) is 4.74 Å². The topological polar surface area (TPSA) is 75.7 Å². The first-order valence-electron chi connectivity index (χ1n) is 8.76. The van der Waals surface area contributed by atoms with Gasteiger partial charge in [-0.2, -0.15) is 0 Å². The van der Waals surface area contributed by atoms with Gasteiger partial charge in [-0.25, -0.2) is 0 Å². The van der Waals surface area contributed by atoms with Gasteiger partial charge < -0.3 is 9.64 Å². The highest BCUT2D eigenvalue weighted by molar-refractivity contribution is 6.05. The molecule has 3 aliphatic rings. The van der Waals surface area contributed by atoms with Crippen LogP contribution in [-0.4, -0.2) is 34.3 Å². The van der Waals surface area contributed by atoms with Gasteiger partial charge in [-0.3, -0.25) is 19.7 Å². The largest absolute Gasteiger partial charge is 0.487 e. The molecular formula is C19H22N2O4. The van der Waals surface area contributed by atoms with Crippen LogP contribution in [0, 0.1) is 0 Å². The number of nitrogens with one attached hydrogen (secondary N) is 1. The smallest absolute Gasteiger partial charge is 0.255 e. The van der Waals surface area contributed by atoms with Crippen LogP contribution in [0.3, 0.4) is 0 Å². The van der Waals surface area contributed by atoms with E-state index in [2.05, 4.69) is 26.1 Å². The minimum atomic E-state index is -0.595. The second kappa shape index (κ2) is 5.31. The van der Waals surface area contributed by atoms with Gasteiger partial charge in [0.05, 0.1) is 6.54 Å². The molecule has 4 rings (SSSR count). The average molecular weight is 342 g/mol. The van der Waals surface area contributed by atoms with E-state index >= 15 is 0 Å². The van der Waals surface area contributed by atoms with Gasteiger partial charge in [-0.05, 0) is 44.2 Å². The number of piperidine rings is 1. The van der Waals surface area contributed by atoms with Crippen LogP contribution in [0.1, 0.15) is 67.4 Å². The number of nitrogens with zero attached hydrogens (tertiary/aromatic N) is 1. The SMILES string of the molecule is CC1CC(C)(C)Oc2c1ccc1c2CN(C2CCC(=O)NC2=O)C1=O. The Kier molecular flexibility index (Phi) is 3.42. The fourth-order valence-electron chi connectivity index (χ4n) is 4.31. The Morgan fingerprint density at radius 1 is 1.24 bits per heavy atom. The van der Waals surface area contributed by atoms with Gasteiger partial charge in [-0.1, -0.05) is 13.0 Å². The molecule has 1 aromatic carbocycles. The molecule has 3 amide bonds. The van der Waals surface area contributed by atoms with Crippen molar-refractivity contribution >= 4 is 17.7 Å². The summed E-state index contributed by atoms with van der Waals surface area (Å²) in [6.07, 6.45) is 1.55. The highest BCUT2D eigenvalue weighted by Crippen LogP contribution is 2.46. The van der Waals surface area contributed by atoms with Crippen LogP contribution in [-0.2, 0) is 16.1 Å². The molecule has 1 aromatic rings. The fraction of sp³-hybridized carbons (Fsp3) is 0.526. The Labute approximate surface area is 146 Å². The van der Waals surface area contributed by atoms with Crippen LogP contribution < -0.4 is 10.1 Å². The molecule has 1 saturated heterocycles. The van der Waals surface area contributed by atoms with Crippen LogP contribution in [0.25, 0.3) is 0 Å². The van der Waals surface area contributed by atoms with Crippen molar-refractivity contribution in [2.24, 2.45) is 0 Å². The highest BCUT2D eigenvalue weighted by atomic mass is 16.5. The molecule has 0 spiro atoms. The highest BCUT2D eigenvalue weighted by Gasteiger charge is 2.42. The third kappa shape index (κ3) is 2.51. The molecular weight excluding hydrogens is 320 g/mol. The van der Waals surface area contributed by atoms with E-state index < -0.39 is 6.04 Å². The lowest BCUT2D eigenvalue weighted by Gasteiger charge is -2.37. The molecule has 6 nitrogen and oxygen atoms in total. The molecule has 0 radical (unpaired) electrons. The van der Waals surface area contributed by atoms with E-state index in [0.717, 1.165) is 23.3 Å². The summed E-state index contributed by atoms with van der Waals surface area (Å²) in [6, 6.07) is 3.22. The van der Waals surface area contributed by atoms with E-state index in [0.29, 0.717) is 24.4 Å². The van der Waals surface area contributed by atoms with Gasteiger partial charge in [0.1, 0.15) is 17.4 Å². The quantitative estimate of drug-likeness (QED) is 0.793. The summed E-state index contributed by atoms with van der Waals surface area (Å²) in [4.78, 5) is 38.0. The summed E-state index contributed by atoms with van der Waals surface area (Å²) in [5, 5.41) is 2.33. The predicted molar refractivity (Wildman–Crippen MR) is 90.2 cm³/mol. The Morgan fingerprint density at radius 2 is 2.00 bits per heavy atom. The second-order valence-corrected chi connectivity index (χ2v) is 7.88. The number of ether oxygens (including phenoxy) is 1. The van der Waals surface area contributed by atoms with Crippen molar-refractivity contribution in [2.75, 3.05) is 0 Å². The van der Waals surface area contributed by atoms with E-state index in [-0.39, 0.29) is 29.7 Å². The van der Waals surface area contributed by atoms with Crippen molar-refractivity contribution in [3.05, 3.63) is 28.8 Å². The van der Waals surface area contributed by atoms with Crippen molar-refractivity contribution < 1.29 is 19.1 Å². The summed E-state index contributed by atoms with van der Waals surface area (Å²) in [5.74, 6) is 0.322. The molecule has 25 heavy (non-hydrogen) atoms. The number of carbonyl (C=O) groups is 3. The second-order valence-electron chi connectivity index (χ2n) is 7.88. The normalized spacial score (nSPS) is 27.5. The lowest BCUT2D eigenvalue weighted by Crippen LogP contribution is -2.52. The van der Waals surface area contributed by atoms with Crippen molar-refractivity contribution in [2.45, 2.75) is 64.1 Å². The van der Waals surface area contributed by atoms with Gasteiger partial charge in [-0.15, -0.1) is 0 Å². The van der Waals surface area contributed by atoms with Crippen LogP contribution in [0.15, 0.2) is 12.1 Å². The van der Waals surface area contributed by atoms with Crippen LogP contribution in [0.4, 0.5) is 0 Å². The number of benzene rings is 1. The minimum absolute atomic E-state index is 0.160. The number of imide groups is 1. The molecule has 1 N–H and O–H groups in total. The van der Waals surface area contributed by atoms with E-state index in [9.17, 15) is 14.4 Å². The number of amides is 3. The molecule has 2 unspecified atom stereocenters. The molecule has 0 bridgehead atoms. The fourth-order valence-corrected chi connectivity index (χ4v) is 4.31. The summed E-state index contributed by atoms with van der Waals surface area (Å²) in [7, 11) is 0. The maximum absolute atomic E-state index is 12.9. The Balaban J connectivity index is 1.71. The lowest BCUT2D eigenvalue weighted by atomic mass is 9.84. The molecule has 1 fully saturated rings. The molecule has 0 saturated carbocycles. The standard InChI is InChI=1S/C19H22N2O4/c1-10-8-19(2,3)25-16-11(10)4-5-12-13(16)9-21(18(12)24)14-6-7-15(22)20-17(14)23/h4-5,10,14H,6-9H2,1-3H3,(H,20,22,23). The zero-order valence-corrected chi connectivity index (χ0v) is 14.7. The van der Waals surface area contributed by atoms with Gasteiger partial charge in [0, 0.05) is 17.5 Å². The number of rotatable bonds is 1. The van der Waals surface area contributed by atoms with Crippen molar-refractivity contribution in [1.29, 1.82) is 0 Å². The zero-order chi connectivity index (χ0) is 17.9. The Morgan fingerprint density at radius 3 is 2.72 bits per heavy atom. The number of hydrogen-bond donors (Lipinski definition) is 1. The van der Waals surface area contributed by atoms with Crippen LogP contribution in [0.5, 0.6) is 5.75 Å². The van der Waals surface area contributed by atoms with Gasteiger partial charge in [0.15, 0.2) is 0 Å². The summed E-state index contributed by atoms with van der Waals surface area (Å²) < 4.78 is 6.23. The Bertz CT molecular complexity index is 799. The lowest BCUT2D eigenvalue weighted by molar-refractivity contribution is -0.136. The van der Waals surface area contributed by atoms with Crippen LogP contribution >= 0.6 is 0 Å². The average Bonchev–Trinajstić information content (AvgIpc) is 2.84. The molecule has 6 heteroatoms. The third-order valence-electron chi connectivity index (χ3n) is 5.40. The first-order valence-corrected chi connectivity index (χ1v) is 8.76. The third-order valence-corrected chi connectivity index (χ3v) is 5.40. The number of fused-ring (bicyclic) bond motifs is 3. The maximum Gasteiger partial charge on any atom is 0.255 e. The maximum atomic E-state index is 12.9. The summed E-state index contributed by atoms with van der Waals surface area (Å²) in [6.45, 7) is 6.64. The van der Waals surface area contributed by atoms with Gasteiger partial charge in [0.2, 0.25) is 11.8 Å². The molecule has 3 aliphatic heterocycles. The zero-order valence-electron chi connectivity index (χ0n) is 14.7.